The molecule has 1 heterocycles. The summed E-state index contributed by atoms with van der Waals surface area (Å²) in [6, 6.07) is 9.99. The number of thioether (sulfide) groups is 1. The number of nitrogens with one attached hydrogen (secondary N) is 1. The maximum Gasteiger partial charge on any atom is 0.190 e. The second kappa shape index (κ2) is 6.78. The molecule has 0 saturated heterocycles. The minimum absolute atomic E-state index is 0.454. The van der Waals surface area contributed by atoms with Crippen molar-refractivity contribution in [3.8, 4) is 0 Å². The van der Waals surface area contributed by atoms with E-state index in [2.05, 4.69) is 40.4 Å². The molecular formula is C14H16ClN3S. The molecule has 0 fully saturated rings. The molecule has 3 nitrogen and oxygen atoms in total. The number of halogens is 1. The lowest BCUT2D eigenvalue weighted by atomic mass is 10.1. The minimum Gasteiger partial charge on any atom is -0.340 e. The Labute approximate surface area is 122 Å². The van der Waals surface area contributed by atoms with Gasteiger partial charge in [-0.3, -0.25) is 0 Å². The van der Waals surface area contributed by atoms with E-state index in [1.807, 2.05) is 12.3 Å². The van der Waals surface area contributed by atoms with Crippen molar-refractivity contribution in [2.75, 3.05) is 11.6 Å². The Morgan fingerprint density at radius 3 is 2.79 bits per heavy atom. The average Bonchev–Trinajstić information content (AvgIpc) is 2.40. The predicted octanol–water partition coefficient (Wildman–Crippen LogP) is 4.55. The van der Waals surface area contributed by atoms with E-state index in [0.29, 0.717) is 10.3 Å². The second-order valence-electron chi connectivity index (χ2n) is 4.09. The van der Waals surface area contributed by atoms with Gasteiger partial charge in [0.05, 0.1) is 0 Å². The van der Waals surface area contributed by atoms with E-state index in [0.717, 1.165) is 24.3 Å². The van der Waals surface area contributed by atoms with Crippen molar-refractivity contribution >= 4 is 34.9 Å². The lowest BCUT2D eigenvalue weighted by molar-refractivity contribution is 0.921. The first kappa shape index (κ1) is 14.2. The van der Waals surface area contributed by atoms with Crippen LogP contribution in [-0.4, -0.2) is 16.2 Å². The van der Waals surface area contributed by atoms with Crippen LogP contribution in [0.5, 0.6) is 0 Å². The predicted molar refractivity (Wildman–Crippen MR) is 82.5 cm³/mol. The lowest BCUT2D eigenvalue weighted by Crippen LogP contribution is -1.99. The van der Waals surface area contributed by atoms with Crippen molar-refractivity contribution in [3.63, 3.8) is 0 Å². The molecule has 0 spiro atoms. The van der Waals surface area contributed by atoms with Gasteiger partial charge in [-0.05, 0) is 24.3 Å². The zero-order valence-corrected chi connectivity index (χ0v) is 12.6. The first-order chi connectivity index (χ1) is 9.22. The van der Waals surface area contributed by atoms with Crippen LogP contribution in [-0.2, 0) is 6.42 Å². The number of anilines is 2. The highest BCUT2D eigenvalue weighted by Crippen LogP contribution is 2.23. The van der Waals surface area contributed by atoms with Crippen molar-refractivity contribution in [2.24, 2.45) is 0 Å². The van der Waals surface area contributed by atoms with Crippen LogP contribution in [0.25, 0.3) is 0 Å². The summed E-state index contributed by atoms with van der Waals surface area (Å²) in [4.78, 5) is 8.53. The Balaban J connectivity index is 2.28. The highest BCUT2D eigenvalue weighted by molar-refractivity contribution is 7.98. The summed E-state index contributed by atoms with van der Waals surface area (Å²) in [5, 5.41) is 4.45. The largest absolute Gasteiger partial charge is 0.340 e. The van der Waals surface area contributed by atoms with E-state index in [4.69, 9.17) is 11.6 Å². The molecule has 2 aromatic rings. The number of nitrogens with zero attached hydrogens (tertiary/aromatic N) is 2. The standard InChI is InChI=1S/C14H16ClN3S/c1-3-6-10-7-4-5-8-11(10)16-13-9-12(15)17-14(18-13)19-2/h4-5,7-9H,3,6H2,1-2H3,(H,16,17,18). The quantitative estimate of drug-likeness (QED) is 0.499. The molecular weight excluding hydrogens is 278 g/mol. The van der Waals surface area contributed by atoms with Gasteiger partial charge in [-0.25, -0.2) is 9.97 Å². The molecule has 0 aliphatic rings. The van der Waals surface area contributed by atoms with Crippen molar-refractivity contribution in [3.05, 3.63) is 41.0 Å². The zero-order valence-electron chi connectivity index (χ0n) is 11.0. The number of para-hydroxylation sites is 1. The Morgan fingerprint density at radius 2 is 2.05 bits per heavy atom. The molecule has 0 aliphatic carbocycles. The van der Waals surface area contributed by atoms with Crippen molar-refractivity contribution in [1.82, 2.24) is 9.97 Å². The van der Waals surface area contributed by atoms with Crippen molar-refractivity contribution < 1.29 is 0 Å². The fraction of sp³-hybridized carbons (Fsp3) is 0.286. The van der Waals surface area contributed by atoms with Gasteiger partial charge in [0.25, 0.3) is 0 Å². The molecule has 1 aromatic heterocycles. The number of hydrogen-bond acceptors (Lipinski definition) is 4. The van der Waals surface area contributed by atoms with Crippen LogP contribution in [0.2, 0.25) is 5.15 Å². The minimum atomic E-state index is 0.454. The van der Waals surface area contributed by atoms with Crippen molar-refractivity contribution in [2.45, 2.75) is 24.9 Å². The number of benzene rings is 1. The average molecular weight is 294 g/mol. The summed E-state index contributed by atoms with van der Waals surface area (Å²) < 4.78 is 0. The molecule has 0 unspecified atom stereocenters. The summed E-state index contributed by atoms with van der Waals surface area (Å²) in [5.74, 6) is 0.730. The molecule has 0 saturated carbocycles. The summed E-state index contributed by atoms with van der Waals surface area (Å²) in [7, 11) is 0. The summed E-state index contributed by atoms with van der Waals surface area (Å²) in [6.45, 7) is 2.17. The molecule has 5 heteroatoms. The van der Waals surface area contributed by atoms with Crippen LogP contribution in [0.3, 0.4) is 0 Å². The molecule has 0 aliphatic heterocycles. The first-order valence-corrected chi connectivity index (χ1v) is 7.76. The lowest BCUT2D eigenvalue weighted by Gasteiger charge is -2.11. The number of aromatic nitrogens is 2. The normalized spacial score (nSPS) is 10.5. The van der Waals surface area contributed by atoms with Crippen LogP contribution >= 0.6 is 23.4 Å². The first-order valence-electron chi connectivity index (χ1n) is 6.16. The Kier molecular flexibility index (Phi) is 5.05. The second-order valence-corrected chi connectivity index (χ2v) is 5.26. The van der Waals surface area contributed by atoms with E-state index in [1.165, 1.54) is 17.3 Å². The Bertz CT molecular complexity index is 560. The van der Waals surface area contributed by atoms with Crippen molar-refractivity contribution in [1.29, 1.82) is 0 Å². The summed E-state index contributed by atoms with van der Waals surface area (Å²) in [5.41, 5.74) is 2.36. The number of rotatable bonds is 5. The Morgan fingerprint density at radius 1 is 1.26 bits per heavy atom. The molecule has 100 valence electrons. The molecule has 0 amide bonds. The van der Waals surface area contributed by atoms with Crippen LogP contribution < -0.4 is 5.32 Å². The SMILES string of the molecule is CCCc1ccccc1Nc1cc(Cl)nc(SC)n1. The molecule has 0 radical (unpaired) electrons. The van der Waals surface area contributed by atoms with E-state index < -0.39 is 0 Å². The third-order valence-corrected chi connectivity index (χ3v) is 3.40. The van der Waals surface area contributed by atoms with Gasteiger partial charge < -0.3 is 5.32 Å². The van der Waals surface area contributed by atoms with Gasteiger partial charge in [0.15, 0.2) is 5.16 Å². The monoisotopic (exact) mass is 293 g/mol. The highest BCUT2D eigenvalue weighted by atomic mass is 35.5. The number of aryl methyl sites for hydroxylation is 1. The van der Waals surface area contributed by atoms with Crippen LogP contribution in [0, 0.1) is 0 Å². The third kappa shape index (κ3) is 3.85. The molecule has 1 N–H and O–H groups in total. The van der Waals surface area contributed by atoms with Gasteiger partial charge in [0, 0.05) is 11.8 Å². The summed E-state index contributed by atoms with van der Waals surface area (Å²) >= 11 is 7.47. The fourth-order valence-corrected chi connectivity index (χ4v) is 2.43. The maximum absolute atomic E-state index is 5.99. The van der Waals surface area contributed by atoms with Crippen LogP contribution in [0.4, 0.5) is 11.5 Å². The van der Waals surface area contributed by atoms with E-state index >= 15 is 0 Å². The van der Waals surface area contributed by atoms with Gasteiger partial charge in [-0.2, -0.15) is 0 Å². The van der Waals surface area contributed by atoms with Gasteiger partial charge >= 0.3 is 0 Å². The zero-order chi connectivity index (χ0) is 13.7. The maximum atomic E-state index is 5.99. The smallest absolute Gasteiger partial charge is 0.190 e. The third-order valence-electron chi connectivity index (χ3n) is 2.66. The summed E-state index contributed by atoms with van der Waals surface area (Å²) in [6.07, 6.45) is 4.08. The van der Waals surface area contributed by atoms with Crippen LogP contribution in [0.15, 0.2) is 35.5 Å². The Hall–Kier alpha value is -1.26. The molecule has 1 aromatic carbocycles. The fourth-order valence-electron chi connectivity index (χ4n) is 1.82. The number of hydrogen-bond donors (Lipinski definition) is 1. The molecule has 19 heavy (non-hydrogen) atoms. The van der Waals surface area contributed by atoms with Crippen LogP contribution in [0.1, 0.15) is 18.9 Å². The van der Waals surface area contributed by atoms with Gasteiger partial charge in [0.2, 0.25) is 0 Å². The van der Waals surface area contributed by atoms with Gasteiger partial charge in [-0.15, -0.1) is 0 Å². The molecule has 2 rings (SSSR count). The molecule has 0 bridgehead atoms. The van der Waals surface area contributed by atoms with E-state index in [1.54, 1.807) is 6.07 Å². The molecule has 0 atom stereocenters. The topological polar surface area (TPSA) is 37.8 Å². The van der Waals surface area contributed by atoms with E-state index in [-0.39, 0.29) is 0 Å². The highest BCUT2D eigenvalue weighted by Gasteiger charge is 2.05. The van der Waals surface area contributed by atoms with E-state index in [9.17, 15) is 0 Å². The van der Waals surface area contributed by atoms with Gasteiger partial charge in [-0.1, -0.05) is 54.9 Å². The van der Waals surface area contributed by atoms with Gasteiger partial charge in [0.1, 0.15) is 11.0 Å².